The van der Waals surface area contributed by atoms with Crippen LogP contribution in [0.1, 0.15) is 56.5 Å². The quantitative estimate of drug-likeness (QED) is 0.662. The third-order valence-electron chi connectivity index (χ3n) is 4.51. The SMILES string of the molecule is CCOC(=O)NC1CCCN(C(=O)C(=O)c2ccc(C(C)(C)C)cc2)C1. The topological polar surface area (TPSA) is 75.7 Å². The number of nitrogens with one attached hydrogen (secondary N) is 1. The first kappa shape index (κ1) is 19.9. The molecule has 1 atom stereocenters. The molecule has 0 aromatic heterocycles. The average Bonchev–Trinajstić information content (AvgIpc) is 2.60. The summed E-state index contributed by atoms with van der Waals surface area (Å²) in [6.07, 6.45) is 1.01. The number of benzene rings is 1. The zero-order valence-electron chi connectivity index (χ0n) is 16.0. The fraction of sp³-hybridized carbons (Fsp3) is 0.550. The van der Waals surface area contributed by atoms with E-state index >= 15 is 0 Å². The van der Waals surface area contributed by atoms with E-state index in [-0.39, 0.29) is 11.5 Å². The smallest absolute Gasteiger partial charge is 0.407 e. The summed E-state index contributed by atoms with van der Waals surface area (Å²) >= 11 is 0. The largest absolute Gasteiger partial charge is 0.450 e. The number of amides is 2. The van der Waals surface area contributed by atoms with Gasteiger partial charge in [0.15, 0.2) is 0 Å². The summed E-state index contributed by atoms with van der Waals surface area (Å²) < 4.78 is 4.88. The van der Waals surface area contributed by atoms with Gasteiger partial charge in [0.25, 0.3) is 5.91 Å². The Bertz CT molecular complexity index is 661. The second-order valence-electron chi connectivity index (χ2n) is 7.61. The number of carbonyl (C=O) groups excluding carboxylic acids is 3. The lowest BCUT2D eigenvalue weighted by Crippen LogP contribution is -2.51. The molecule has 2 amide bonds. The second kappa shape index (κ2) is 8.34. The molecule has 1 aliphatic rings. The van der Waals surface area contributed by atoms with Crippen LogP contribution in [0.3, 0.4) is 0 Å². The van der Waals surface area contributed by atoms with Crippen molar-refractivity contribution >= 4 is 17.8 Å². The van der Waals surface area contributed by atoms with Crippen LogP contribution in [0, 0.1) is 0 Å². The highest BCUT2D eigenvalue weighted by Crippen LogP contribution is 2.22. The molecule has 0 saturated carbocycles. The molecule has 1 heterocycles. The molecule has 142 valence electrons. The minimum atomic E-state index is -0.524. The predicted octanol–water partition coefficient (Wildman–Crippen LogP) is 2.90. The number of hydrogen-bond acceptors (Lipinski definition) is 4. The molecule has 1 saturated heterocycles. The Labute approximate surface area is 154 Å². The first-order valence-electron chi connectivity index (χ1n) is 9.09. The highest BCUT2D eigenvalue weighted by atomic mass is 16.5. The van der Waals surface area contributed by atoms with E-state index in [2.05, 4.69) is 26.1 Å². The maximum atomic E-state index is 12.6. The number of ketones is 1. The molecule has 26 heavy (non-hydrogen) atoms. The van der Waals surface area contributed by atoms with Gasteiger partial charge in [-0.3, -0.25) is 9.59 Å². The zero-order chi connectivity index (χ0) is 19.3. The lowest BCUT2D eigenvalue weighted by molar-refractivity contribution is -0.127. The molecule has 0 bridgehead atoms. The van der Waals surface area contributed by atoms with E-state index in [0.717, 1.165) is 18.4 Å². The Balaban J connectivity index is 2.01. The van der Waals surface area contributed by atoms with Crippen molar-refractivity contribution in [2.24, 2.45) is 0 Å². The number of carbonyl (C=O) groups is 3. The molecule has 1 unspecified atom stereocenters. The second-order valence-corrected chi connectivity index (χ2v) is 7.61. The molecule has 2 rings (SSSR count). The molecular formula is C20H28N2O4. The van der Waals surface area contributed by atoms with Crippen molar-refractivity contribution in [1.29, 1.82) is 0 Å². The summed E-state index contributed by atoms with van der Waals surface area (Å²) in [4.78, 5) is 38.2. The van der Waals surface area contributed by atoms with Crippen molar-refractivity contribution in [3.63, 3.8) is 0 Å². The van der Waals surface area contributed by atoms with Gasteiger partial charge in [-0.15, -0.1) is 0 Å². The van der Waals surface area contributed by atoms with Crippen LogP contribution in [-0.2, 0) is 14.9 Å². The fourth-order valence-corrected chi connectivity index (χ4v) is 3.01. The van der Waals surface area contributed by atoms with Crippen LogP contribution in [0.4, 0.5) is 4.79 Å². The van der Waals surface area contributed by atoms with Gasteiger partial charge in [0.2, 0.25) is 5.78 Å². The van der Waals surface area contributed by atoms with E-state index in [1.165, 1.54) is 4.90 Å². The lowest BCUT2D eigenvalue weighted by Gasteiger charge is -2.32. The summed E-state index contributed by atoms with van der Waals surface area (Å²) in [7, 11) is 0. The van der Waals surface area contributed by atoms with Crippen molar-refractivity contribution in [1.82, 2.24) is 10.2 Å². The number of rotatable bonds is 4. The molecule has 6 heteroatoms. The number of hydrogen-bond donors (Lipinski definition) is 1. The molecule has 0 spiro atoms. The number of likely N-dealkylation sites (tertiary alicyclic amines) is 1. The number of nitrogens with zero attached hydrogens (tertiary/aromatic N) is 1. The molecule has 1 aromatic rings. The van der Waals surface area contributed by atoms with Crippen LogP contribution in [-0.4, -0.2) is 48.4 Å². The number of alkyl carbamates (subject to hydrolysis) is 1. The number of Topliss-reactive ketones (excluding diaryl/α,β-unsaturated/α-hetero) is 1. The Kier molecular flexibility index (Phi) is 6.40. The maximum absolute atomic E-state index is 12.6. The Morgan fingerprint density at radius 1 is 1.19 bits per heavy atom. The Hall–Kier alpha value is -2.37. The van der Waals surface area contributed by atoms with Crippen molar-refractivity contribution in [2.75, 3.05) is 19.7 Å². The van der Waals surface area contributed by atoms with E-state index in [1.54, 1.807) is 19.1 Å². The van der Waals surface area contributed by atoms with Gasteiger partial charge in [-0.2, -0.15) is 0 Å². The van der Waals surface area contributed by atoms with E-state index < -0.39 is 17.8 Å². The minimum Gasteiger partial charge on any atom is -0.450 e. The third kappa shape index (κ3) is 5.07. The van der Waals surface area contributed by atoms with Crippen molar-refractivity contribution in [2.45, 2.75) is 52.0 Å². The van der Waals surface area contributed by atoms with Gasteiger partial charge in [0.1, 0.15) is 0 Å². The van der Waals surface area contributed by atoms with E-state index in [4.69, 9.17) is 4.74 Å². The summed E-state index contributed by atoms with van der Waals surface area (Å²) in [5, 5.41) is 2.74. The zero-order valence-corrected chi connectivity index (χ0v) is 16.0. The highest BCUT2D eigenvalue weighted by Gasteiger charge is 2.29. The molecule has 1 aliphatic heterocycles. The normalized spacial score (nSPS) is 17.5. The van der Waals surface area contributed by atoms with Crippen molar-refractivity contribution in [3.8, 4) is 0 Å². The summed E-state index contributed by atoms with van der Waals surface area (Å²) in [6.45, 7) is 9.16. The van der Waals surface area contributed by atoms with Crippen LogP contribution in [0.25, 0.3) is 0 Å². The lowest BCUT2D eigenvalue weighted by atomic mass is 9.86. The van der Waals surface area contributed by atoms with Crippen LogP contribution in [0.15, 0.2) is 24.3 Å². The molecule has 1 fully saturated rings. The molecule has 0 aliphatic carbocycles. The summed E-state index contributed by atoms with van der Waals surface area (Å²) in [5.74, 6) is -1.04. The maximum Gasteiger partial charge on any atom is 0.407 e. The highest BCUT2D eigenvalue weighted by molar-refractivity contribution is 6.42. The van der Waals surface area contributed by atoms with Crippen LogP contribution < -0.4 is 5.32 Å². The first-order chi connectivity index (χ1) is 12.2. The molecular weight excluding hydrogens is 332 g/mol. The van der Waals surface area contributed by atoms with Crippen molar-refractivity contribution in [3.05, 3.63) is 35.4 Å². The van der Waals surface area contributed by atoms with Crippen LogP contribution in [0.5, 0.6) is 0 Å². The van der Waals surface area contributed by atoms with E-state index in [1.807, 2.05) is 12.1 Å². The predicted molar refractivity (Wildman–Crippen MR) is 99.2 cm³/mol. The van der Waals surface area contributed by atoms with Gasteiger partial charge in [-0.25, -0.2) is 4.79 Å². The van der Waals surface area contributed by atoms with Gasteiger partial charge in [0, 0.05) is 24.7 Å². The molecule has 1 N–H and O–H groups in total. The molecule has 0 radical (unpaired) electrons. The van der Waals surface area contributed by atoms with Crippen LogP contribution in [0.2, 0.25) is 0 Å². The van der Waals surface area contributed by atoms with Gasteiger partial charge in [-0.05, 0) is 30.7 Å². The standard InChI is InChI=1S/C20H28N2O4/c1-5-26-19(25)21-16-7-6-12-22(13-16)18(24)17(23)14-8-10-15(11-9-14)20(2,3)4/h8-11,16H,5-7,12-13H2,1-4H3,(H,21,25). The van der Waals surface area contributed by atoms with Crippen molar-refractivity contribution < 1.29 is 19.1 Å². The summed E-state index contributed by atoms with van der Waals surface area (Å²) in [6, 6.07) is 7.00. The third-order valence-corrected chi connectivity index (χ3v) is 4.51. The van der Waals surface area contributed by atoms with E-state index in [9.17, 15) is 14.4 Å². The first-order valence-corrected chi connectivity index (χ1v) is 9.09. The molecule has 6 nitrogen and oxygen atoms in total. The fourth-order valence-electron chi connectivity index (χ4n) is 3.01. The number of ether oxygens (including phenoxy) is 1. The van der Waals surface area contributed by atoms with Crippen LogP contribution >= 0.6 is 0 Å². The Morgan fingerprint density at radius 2 is 1.85 bits per heavy atom. The molecule has 1 aromatic carbocycles. The summed E-state index contributed by atoms with van der Waals surface area (Å²) in [5.41, 5.74) is 1.49. The number of piperidine rings is 1. The van der Waals surface area contributed by atoms with Gasteiger partial charge in [-0.1, -0.05) is 45.0 Å². The van der Waals surface area contributed by atoms with Gasteiger partial charge in [0.05, 0.1) is 6.61 Å². The van der Waals surface area contributed by atoms with Gasteiger partial charge >= 0.3 is 6.09 Å². The monoisotopic (exact) mass is 360 g/mol. The average molecular weight is 360 g/mol. The minimum absolute atomic E-state index is 0.00948. The van der Waals surface area contributed by atoms with E-state index in [0.29, 0.717) is 25.3 Å². The van der Waals surface area contributed by atoms with Gasteiger partial charge < -0.3 is 15.0 Å². The Morgan fingerprint density at radius 3 is 2.42 bits per heavy atom.